The third kappa shape index (κ3) is 6.64. The van der Waals surface area contributed by atoms with Gasteiger partial charge in [-0.3, -0.25) is 4.79 Å². The SMILES string of the molecule is CCC(CC)NC(=O)CNC(C)(CC)CCO. The van der Waals surface area contributed by atoms with Crippen molar-refractivity contribution in [2.45, 2.75) is 65.0 Å². The zero-order chi connectivity index (χ0) is 13.3. The summed E-state index contributed by atoms with van der Waals surface area (Å²) in [7, 11) is 0. The quantitative estimate of drug-likeness (QED) is 0.575. The molecule has 0 rings (SSSR count). The summed E-state index contributed by atoms with van der Waals surface area (Å²) in [5.74, 6) is 0.0383. The fraction of sp³-hybridized carbons (Fsp3) is 0.923. The molecule has 0 aromatic carbocycles. The van der Waals surface area contributed by atoms with Gasteiger partial charge in [-0.1, -0.05) is 20.8 Å². The zero-order valence-electron chi connectivity index (χ0n) is 11.7. The summed E-state index contributed by atoms with van der Waals surface area (Å²) in [6.45, 7) is 8.70. The van der Waals surface area contributed by atoms with Crippen molar-refractivity contribution < 1.29 is 9.90 Å². The van der Waals surface area contributed by atoms with Crippen molar-refractivity contribution in [1.82, 2.24) is 10.6 Å². The molecule has 0 heterocycles. The largest absolute Gasteiger partial charge is 0.396 e. The van der Waals surface area contributed by atoms with Crippen LogP contribution in [0.1, 0.15) is 53.4 Å². The molecule has 0 fully saturated rings. The molecule has 17 heavy (non-hydrogen) atoms. The molecule has 1 unspecified atom stereocenters. The fourth-order valence-electron chi connectivity index (χ4n) is 1.70. The molecule has 4 heteroatoms. The molecule has 4 nitrogen and oxygen atoms in total. The van der Waals surface area contributed by atoms with E-state index in [9.17, 15) is 4.79 Å². The third-order valence-electron chi connectivity index (χ3n) is 3.47. The predicted molar refractivity (Wildman–Crippen MR) is 70.9 cm³/mol. The predicted octanol–water partition coefficient (Wildman–Crippen LogP) is 1.43. The minimum absolute atomic E-state index is 0.0383. The van der Waals surface area contributed by atoms with Crippen LogP contribution in [0.15, 0.2) is 0 Å². The van der Waals surface area contributed by atoms with Gasteiger partial charge in [-0.2, -0.15) is 0 Å². The van der Waals surface area contributed by atoms with Gasteiger partial charge in [0.05, 0.1) is 6.54 Å². The highest BCUT2D eigenvalue weighted by Gasteiger charge is 2.21. The first kappa shape index (κ1) is 16.4. The second-order valence-electron chi connectivity index (χ2n) is 4.82. The molecule has 0 aliphatic carbocycles. The molecular weight excluding hydrogens is 216 g/mol. The van der Waals surface area contributed by atoms with Crippen LogP contribution in [0.4, 0.5) is 0 Å². The van der Waals surface area contributed by atoms with Gasteiger partial charge in [0.15, 0.2) is 0 Å². The average Bonchev–Trinajstić information content (AvgIpc) is 2.34. The number of rotatable bonds is 9. The lowest BCUT2D eigenvalue weighted by Crippen LogP contribution is -2.48. The molecule has 1 atom stereocenters. The van der Waals surface area contributed by atoms with Crippen molar-refractivity contribution in [2.75, 3.05) is 13.2 Å². The standard InChI is InChI=1S/C13H28N2O2/c1-5-11(6-2)15-12(17)10-14-13(4,7-3)8-9-16/h11,14,16H,5-10H2,1-4H3,(H,15,17). The number of nitrogens with one attached hydrogen (secondary N) is 2. The average molecular weight is 244 g/mol. The summed E-state index contributed by atoms with van der Waals surface area (Å²) in [6, 6.07) is 0.273. The van der Waals surface area contributed by atoms with Crippen molar-refractivity contribution in [3.05, 3.63) is 0 Å². The van der Waals surface area contributed by atoms with Gasteiger partial charge < -0.3 is 15.7 Å². The van der Waals surface area contributed by atoms with Gasteiger partial charge in [0.25, 0.3) is 0 Å². The summed E-state index contributed by atoms with van der Waals surface area (Å²) >= 11 is 0. The maximum absolute atomic E-state index is 11.7. The lowest BCUT2D eigenvalue weighted by atomic mass is 9.95. The Balaban J connectivity index is 4.04. The first-order chi connectivity index (χ1) is 8.01. The number of aliphatic hydroxyl groups is 1. The Kier molecular flexibility index (Phi) is 8.17. The van der Waals surface area contributed by atoms with Crippen molar-refractivity contribution >= 4 is 5.91 Å². The first-order valence-corrected chi connectivity index (χ1v) is 6.66. The number of hydrogen-bond acceptors (Lipinski definition) is 3. The molecule has 0 aromatic heterocycles. The van der Waals surface area contributed by atoms with Gasteiger partial charge in [0, 0.05) is 18.2 Å². The normalized spacial score (nSPS) is 14.7. The molecule has 3 N–H and O–H groups in total. The number of hydrogen-bond donors (Lipinski definition) is 3. The third-order valence-corrected chi connectivity index (χ3v) is 3.47. The Hall–Kier alpha value is -0.610. The molecule has 0 saturated carbocycles. The Morgan fingerprint density at radius 3 is 2.29 bits per heavy atom. The summed E-state index contributed by atoms with van der Waals surface area (Å²) in [5.41, 5.74) is -0.153. The molecule has 0 radical (unpaired) electrons. The smallest absolute Gasteiger partial charge is 0.234 e. The van der Waals surface area contributed by atoms with E-state index in [1.807, 2.05) is 6.92 Å². The van der Waals surface area contributed by atoms with Crippen molar-refractivity contribution in [2.24, 2.45) is 0 Å². The maximum atomic E-state index is 11.7. The molecule has 0 bridgehead atoms. The lowest BCUT2D eigenvalue weighted by molar-refractivity contribution is -0.121. The Labute approximate surface area is 105 Å². The van der Waals surface area contributed by atoms with E-state index in [1.165, 1.54) is 0 Å². The molecule has 0 aromatic rings. The summed E-state index contributed by atoms with van der Waals surface area (Å²) < 4.78 is 0. The molecule has 1 amide bonds. The van der Waals surface area contributed by atoms with E-state index in [2.05, 4.69) is 31.4 Å². The van der Waals surface area contributed by atoms with Crippen LogP contribution in [-0.2, 0) is 4.79 Å². The number of carbonyl (C=O) groups excluding carboxylic acids is 1. The monoisotopic (exact) mass is 244 g/mol. The van der Waals surface area contributed by atoms with Crippen LogP contribution < -0.4 is 10.6 Å². The molecular formula is C13H28N2O2. The minimum Gasteiger partial charge on any atom is -0.396 e. The van der Waals surface area contributed by atoms with Gasteiger partial charge in [-0.15, -0.1) is 0 Å². The van der Waals surface area contributed by atoms with Gasteiger partial charge in [0.1, 0.15) is 0 Å². The van der Waals surface area contributed by atoms with Crippen LogP contribution in [0.3, 0.4) is 0 Å². The maximum Gasteiger partial charge on any atom is 0.234 e. The van der Waals surface area contributed by atoms with E-state index in [0.717, 1.165) is 19.3 Å². The number of aliphatic hydroxyl groups excluding tert-OH is 1. The molecule has 0 saturated heterocycles. The molecule has 102 valence electrons. The summed E-state index contributed by atoms with van der Waals surface area (Å²) in [5, 5.41) is 15.2. The van der Waals surface area contributed by atoms with E-state index < -0.39 is 0 Å². The topological polar surface area (TPSA) is 61.4 Å². The molecule has 0 aliphatic rings. The van der Waals surface area contributed by atoms with E-state index >= 15 is 0 Å². The van der Waals surface area contributed by atoms with Crippen molar-refractivity contribution in [1.29, 1.82) is 0 Å². The van der Waals surface area contributed by atoms with Gasteiger partial charge >= 0.3 is 0 Å². The zero-order valence-corrected chi connectivity index (χ0v) is 11.7. The van der Waals surface area contributed by atoms with E-state index in [1.54, 1.807) is 0 Å². The lowest BCUT2D eigenvalue weighted by Gasteiger charge is -2.29. The first-order valence-electron chi connectivity index (χ1n) is 6.66. The van der Waals surface area contributed by atoms with Crippen LogP contribution in [0.25, 0.3) is 0 Å². The second-order valence-corrected chi connectivity index (χ2v) is 4.82. The van der Waals surface area contributed by atoms with Gasteiger partial charge in [-0.25, -0.2) is 0 Å². The Bertz CT molecular complexity index is 217. The van der Waals surface area contributed by atoms with Crippen molar-refractivity contribution in [3.63, 3.8) is 0 Å². The van der Waals surface area contributed by atoms with Crippen LogP contribution in [-0.4, -0.2) is 35.7 Å². The van der Waals surface area contributed by atoms with Crippen molar-refractivity contribution in [3.8, 4) is 0 Å². The van der Waals surface area contributed by atoms with E-state index in [4.69, 9.17) is 5.11 Å². The van der Waals surface area contributed by atoms with Crippen LogP contribution in [0, 0.1) is 0 Å². The fourth-order valence-corrected chi connectivity index (χ4v) is 1.70. The molecule has 0 spiro atoms. The molecule has 0 aliphatic heterocycles. The highest BCUT2D eigenvalue weighted by Crippen LogP contribution is 2.12. The summed E-state index contributed by atoms with van der Waals surface area (Å²) in [4.78, 5) is 11.7. The van der Waals surface area contributed by atoms with Crippen LogP contribution in [0.5, 0.6) is 0 Å². The second kappa shape index (κ2) is 8.48. The number of amides is 1. The highest BCUT2D eigenvalue weighted by molar-refractivity contribution is 5.78. The van der Waals surface area contributed by atoms with Crippen LogP contribution in [0.2, 0.25) is 0 Å². The summed E-state index contributed by atoms with van der Waals surface area (Å²) in [6.07, 6.45) is 3.49. The minimum atomic E-state index is -0.153. The Morgan fingerprint density at radius 2 is 1.88 bits per heavy atom. The number of carbonyl (C=O) groups is 1. The van der Waals surface area contributed by atoms with E-state index in [0.29, 0.717) is 13.0 Å². The Morgan fingerprint density at radius 1 is 1.29 bits per heavy atom. The van der Waals surface area contributed by atoms with E-state index in [-0.39, 0.29) is 24.1 Å². The highest BCUT2D eigenvalue weighted by atomic mass is 16.3. The van der Waals surface area contributed by atoms with Gasteiger partial charge in [0.2, 0.25) is 5.91 Å². The van der Waals surface area contributed by atoms with Crippen LogP contribution >= 0.6 is 0 Å². The van der Waals surface area contributed by atoms with Gasteiger partial charge in [-0.05, 0) is 32.6 Å².